The van der Waals surface area contributed by atoms with Crippen molar-refractivity contribution < 1.29 is 8.42 Å². The normalized spacial score (nSPS) is 11.3. The molecule has 0 aliphatic rings. The van der Waals surface area contributed by atoms with Gasteiger partial charge in [0.1, 0.15) is 0 Å². The Bertz CT molecular complexity index is 666. The van der Waals surface area contributed by atoms with E-state index in [9.17, 15) is 8.42 Å². The fraction of sp³-hybridized carbons (Fsp3) is 0.143. The van der Waals surface area contributed by atoms with Gasteiger partial charge in [0.2, 0.25) is 0 Å². The van der Waals surface area contributed by atoms with Gasteiger partial charge in [-0.15, -0.1) is 0 Å². The summed E-state index contributed by atoms with van der Waals surface area (Å²) in [4.78, 5) is 0.328. The van der Waals surface area contributed by atoms with Crippen LogP contribution < -0.4 is 5.32 Å². The minimum atomic E-state index is -3.13. The monoisotopic (exact) mass is 295 g/mol. The van der Waals surface area contributed by atoms with E-state index in [0.717, 1.165) is 11.3 Å². The molecule has 5 heteroatoms. The van der Waals surface area contributed by atoms with E-state index in [2.05, 4.69) is 5.32 Å². The van der Waals surface area contributed by atoms with Crippen LogP contribution in [0.15, 0.2) is 53.4 Å². The van der Waals surface area contributed by atoms with Crippen molar-refractivity contribution in [3.8, 4) is 0 Å². The molecule has 0 heterocycles. The Morgan fingerprint density at radius 3 is 2.26 bits per heavy atom. The molecule has 19 heavy (non-hydrogen) atoms. The summed E-state index contributed by atoms with van der Waals surface area (Å²) in [6, 6.07) is 14.3. The summed E-state index contributed by atoms with van der Waals surface area (Å²) in [5, 5.41) is 3.87. The molecule has 2 aromatic rings. The lowest BCUT2D eigenvalue weighted by atomic mass is 10.2. The number of rotatable bonds is 4. The SMILES string of the molecule is CS(=O)(=O)c1ccc(CNc2ccccc2Cl)cc1. The van der Waals surface area contributed by atoms with Crippen molar-refractivity contribution in [1.29, 1.82) is 0 Å². The van der Waals surface area contributed by atoms with Gasteiger partial charge >= 0.3 is 0 Å². The van der Waals surface area contributed by atoms with E-state index in [-0.39, 0.29) is 0 Å². The molecule has 2 rings (SSSR count). The molecule has 0 aliphatic heterocycles. The van der Waals surface area contributed by atoms with Gasteiger partial charge in [-0.2, -0.15) is 0 Å². The summed E-state index contributed by atoms with van der Waals surface area (Å²) in [5.41, 5.74) is 1.85. The number of anilines is 1. The van der Waals surface area contributed by atoms with Gasteiger partial charge in [0.15, 0.2) is 9.84 Å². The lowest BCUT2D eigenvalue weighted by Crippen LogP contribution is -2.01. The maximum absolute atomic E-state index is 11.3. The third kappa shape index (κ3) is 3.72. The molecule has 0 atom stereocenters. The van der Waals surface area contributed by atoms with Crippen molar-refractivity contribution in [3.05, 3.63) is 59.1 Å². The van der Waals surface area contributed by atoms with Crippen molar-refractivity contribution in [2.24, 2.45) is 0 Å². The molecule has 0 aromatic heterocycles. The lowest BCUT2D eigenvalue weighted by Gasteiger charge is -2.08. The summed E-state index contributed by atoms with van der Waals surface area (Å²) in [6.45, 7) is 0.591. The zero-order valence-electron chi connectivity index (χ0n) is 10.4. The Balaban J connectivity index is 2.07. The minimum Gasteiger partial charge on any atom is -0.380 e. The molecule has 0 spiro atoms. The maximum atomic E-state index is 11.3. The number of para-hydroxylation sites is 1. The number of hydrogen-bond acceptors (Lipinski definition) is 3. The molecule has 0 saturated heterocycles. The second kappa shape index (κ2) is 5.63. The fourth-order valence-corrected chi connectivity index (χ4v) is 2.49. The van der Waals surface area contributed by atoms with Crippen LogP contribution in [0.1, 0.15) is 5.56 Å². The smallest absolute Gasteiger partial charge is 0.175 e. The van der Waals surface area contributed by atoms with Crippen LogP contribution in [-0.2, 0) is 16.4 Å². The van der Waals surface area contributed by atoms with E-state index in [1.165, 1.54) is 6.26 Å². The van der Waals surface area contributed by atoms with Crippen molar-refractivity contribution in [2.45, 2.75) is 11.4 Å². The highest BCUT2D eigenvalue weighted by atomic mass is 35.5. The van der Waals surface area contributed by atoms with E-state index in [1.807, 2.05) is 24.3 Å². The maximum Gasteiger partial charge on any atom is 0.175 e. The van der Waals surface area contributed by atoms with E-state index < -0.39 is 9.84 Å². The zero-order valence-corrected chi connectivity index (χ0v) is 12.0. The third-order valence-corrected chi connectivity index (χ3v) is 4.17. The van der Waals surface area contributed by atoms with Gasteiger partial charge in [-0.25, -0.2) is 8.42 Å². The molecule has 3 nitrogen and oxygen atoms in total. The van der Waals surface area contributed by atoms with Crippen LogP contribution in [0.2, 0.25) is 5.02 Å². The average Bonchev–Trinajstić information content (AvgIpc) is 2.37. The molecule has 1 N–H and O–H groups in total. The lowest BCUT2D eigenvalue weighted by molar-refractivity contribution is 0.602. The van der Waals surface area contributed by atoms with Crippen molar-refractivity contribution in [1.82, 2.24) is 0 Å². The standard InChI is InChI=1S/C14H14ClNO2S/c1-19(17,18)12-8-6-11(7-9-12)10-16-14-5-3-2-4-13(14)15/h2-9,16H,10H2,1H3. The number of halogens is 1. The van der Waals surface area contributed by atoms with E-state index in [4.69, 9.17) is 11.6 Å². The molecule has 0 aliphatic carbocycles. The molecular weight excluding hydrogens is 282 g/mol. The molecule has 0 radical (unpaired) electrons. The summed E-state index contributed by atoms with van der Waals surface area (Å²) in [6.07, 6.45) is 1.20. The van der Waals surface area contributed by atoms with Crippen LogP contribution in [0.4, 0.5) is 5.69 Å². The quantitative estimate of drug-likeness (QED) is 0.941. The summed E-state index contributed by atoms with van der Waals surface area (Å²) >= 11 is 6.03. The van der Waals surface area contributed by atoms with Gasteiger partial charge in [0.25, 0.3) is 0 Å². The number of nitrogens with one attached hydrogen (secondary N) is 1. The molecular formula is C14H14ClNO2S. The average molecular weight is 296 g/mol. The summed E-state index contributed by atoms with van der Waals surface area (Å²) < 4.78 is 22.7. The van der Waals surface area contributed by atoms with E-state index >= 15 is 0 Å². The topological polar surface area (TPSA) is 46.2 Å². The minimum absolute atomic E-state index is 0.328. The Hall–Kier alpha value is -1.52. The van der Waals surface area contributed by atoms with Gasteiger partial charge in [-0.05, 0) is 29.8 Å². The summed E-state index contributed by atoms with van der Waals surface area (Å²) in [7, 11) is -3.13. The van der Waals surface area contributed by atoms with Gasteiger partial charge < -0.3 is 5.32 Å². The predicted octanol–water partition coefficient (Wildman–Crippen LogP) is 3.36. The molecule has 0 bridgehead atoms. The highest BCUT2D eigenvalue weighted by Gasteiger charge is 2.06. The largest absolute Gasteiger partial charge is 0.380 e. The zero-order chi connectivity index (χ0) is 13.9. The molecule has 0 fully saturated rings. The van der Waals surface area contributed by atoms with Gasteiger partial charge in [0.05, 0.1) is 15.6 Å². The Morgan fingerprint density at radius 1 is 1.05 bits per heavy atom. The predicted molar refractivity (Wildman–Crippen MR) is 78.3 cm³/mol. The molecule has 0 saturated carbocycles. The second-order valence-electron chi connectivity index (χ2n) is 4.25. The Kier molecular flexibility index (Phi) is 4.12. The van der Waals surface area contributed by atoms with Crippen LogP contribution in [0.5, 0.6) is 0 Å². The number of sulfone groups is 1. The van der Waals surface area contributed by atoms with Gasteiger partial charge in [0, 0.05) is 12.8 Å². The first kappa shape index (κ1) is 13.9. The first-order valence-corrected chi connectivity index (χ1v) is 8.01. The first-order chi connectivity index (χ1) is 8.97. The number of hydrogen-bond donors (Lipinski definition) is 1. The summed E-state index contributed by atoms with van der Waals surface area (Å²) in [5.74, 6) is 0. The number of benzene rings is 2. The van der Waals surface area contributed by atoms with Crippen LogP contribution in [-0.4, -0.2) is 14.7 Å². The van der Waals surface area contributed by atoms with Crippen LogP contribution in [0, 0.1) is 0 Å². The molecule has 0 unspecified atom stereocenters. The van der Waals surface area contributed by atoms with Gasteiger partial charge in [-0.3, -0.25) is 0 Å². The Labute approximate surface area is 118 Å². The first-order valence-electron chi connectivity index (χ1n) is 5.74. The van der Waals surface area contributed by atoms with Gasteiger partial charge in [-0.1, -0.05) is 35.9 Å². The van der Waals surface area contributed by atoms with Crippen molar-refractivity contribution in [3.63, 3.8) is 0 Å². The van der Waals surface area contributed by atoms with Crippen LogP contribution in [0.3, 0.4) is 0 Å². The molecule has 100 valence electrons. The Morgan fingerprint density at radius 2 is 1.68 bits per heavy atom. The highest BCUT2D eigenvalue weighted by Crippen LogP contribution is 2.21. The second-order valence-corrected chi connectivity index (χ2v) is 6.67. The fourth-order valence-electron chi connectivity index (χ4n) is 1.66. The molecule has 0 amide bonds. The van der Waals surface area contributed by atoms with Crippen LogP contribution in [0.25, 0.3) is 0 Å². The van der Waals surface area contributed by atoms with Crippen LogP contribution >= 0.6 is 11.6 Å². The third-order valence-electron chi connectivity index (χ3n) is 2.71. The van der Waals surface area contributed by atoms with E-state index in [0.29, 0.717) is 16.5 Å². The molecule has 2 aromatic carbocycles. The van der Waals surface area contributed by atoms with E-state index in [1.54, 1.807) is 24.3 Å². The van der Waals surface area contributed by atoms with Crippen molar-refractivity contribution in [2.75, 3.05) is 11.6 Å². The highest BCUT2D eigenvalue weighted by molar-refractivity contribution is 7.90. The van der Waals surface area contributed by atoms with Crippen molar-refractivity contribution >= 4 is 27.1 Å².